The summed E-state index contributed by atoms with van der Waals surface area (Å²) >= 11 is 0. The van der Waals surface area contributed by atoms with Crippen LogP contribution < -0.4 is 15.2 Å². The lowest BCUT2D eigenvalue weighted by Gasteiger charge is -2.34. The first-order valence-electron chi connectivity index (χ1n) is 10.0. The summed E-state index contributed by atoms with van der Waals surface area (Å²) in [5.74, 6) is 2.05. The van der Waals surface area contributed by atoms with Crippen LogP contribution in [-0.4, -0.2) is 14.2 Å². The Morgan fingerprint density at radius 2 is 1.59 bits per heavy atom. The lowest BCUT2D eigenvalue weighted by atomic mass is 9.75. The highest BCUT2D eigenvalue weighted by molar-refractivity contribution is 5.80. The van der Waals surface area contributed by atoms with E-state index in [2.05, 4.69) is 30.3 Å². The smallest absolute Gasteiger partial charge is 0.119 e. The van der Waals surface area contributed by atoms with Crippen molar-refractivity contribution in [2.24, 2.45) is 11.7 Å². The summed E-state index contributed by atoms with van der Waals surface area (Å²) in [6.45, 7) is 0. The van der Waals surface area contributed by atoms with Gasteiger partial charge in [0.1, 0.15) is 11.5 Å². The molecule has 2 aliphatic rings. The first kappa shape index (κ1) is 18.1. The first-order chi connectivity index (χ1) is 13.2. The molecule has 0 aromatic heterocycles. The number of hydrogen-bond donors (Lipinski definition) is 1. The van der Waals surface area contributed by atoms with Crippen molar-refractivity contribution in [3.05, 3.63) is 65.2 Å². The Morgan fingerprint density at radius 3 is 2.33 bits per heavy atom. The topological polar surface area (TPSA) is 44.5 Å². The number of nitrogens with two attached hydrogens (primary N) is 1. The van der Waals surface area contributed by atoms with E-state index in [-0.39, 0.29) is 0 Å². The van der Waals surface area contributed by atoms with Crippen LogP contribution >= 0.6 is 0 Å². The molecule has 0 amide bonds. The molecule has 4 rings (SSSR count). The predicted octanol–water partition coefficient (Wildman–Crippen LogP) is 5.27. The fraction of sp³-hybridized carbons (Fsp3) is 0.417. The molecule has 0 bridgehead atoms. The Kier molecular flexibility index (Phi) is 4.96. The van der Waals surface area contributed by atoms with Gasteiger partial charge in [0.25, 0.3) is 0 Å². The molecular weight excluding hydrogens is 334 g/mol. The van der Waals surface area contributed by atoms with Gasteiger partial charge in [-0.15, -0.1) is 0 Å². The average Bonchev–Trinajstić information content (AvgIpc) is 3.02. The van der Waals surface area contributed by atoms with E-state index in [0.29, 0.717) is 5.92 Å². The average molecular weight is 364 g/mol. The van der Waals surface area contributed by atoms with Crippen molar-refractivity contribution in [3.63, 3.8) is 0 Å². The van der Waals surface area contributed by atoms with Crippen LogP contribution in [0.4, 0.5) is 0 Å². The summed E-state index contributed by atoms with van der Waals surface area (Å²) in [7, 11) is 3.42. The maximum absolute atomic E-state index is 7.28. The molecule has 2 aromatic rings. The summed E-state index contributed by atoms with van der Waals surface area (Å²) in [5, 5.41) is 0. The van der Waals surface area contributed by atoms with Crippen molar-refractivity contribution < 1.29 is 9.47 Å². The normalized spacial score (nSPS) is 26.6. The summed E-state index contributed by atoms with van der Waals surface area (Å²) in [6.07, 6.45) is 9.76. The Balaban J connectivity index is 1.89. The van der Waals surface area contributed by atoms with Crippen LogP contribution in [0, 0.1) is 5.92 Å². The minimum atomic E-state index is -0.510. The largest absolute Gasteiger partial charge is 0.497 e. The van der Waals surface area contributed by atoms with Gasteiger partial charge >= 0.3 is 0 Å². The SMILES string of the molecule is COc1ccc([C@]2(N)c3ccc(OC)cc3/C3=C/CCCCCC[C@H]32)cc1. The van der Waals surface area contributed by atoms with E-state index >= 15 is 0 Å². The number of hydrogen-bond acceptors (Lipinski definition) is 3. The number of fused-ring (bicyclic) bond motifs is 3. The highest BCUT2D eigenvalue weighted by Crippen LogP contribution is 2.54. The van der Waals surface area contributed by atoms with E-state index in [1.54, 1.807) is 14.2 Å². The molecule has 142 valence electrons. The lowest BCUT2D eigenvalue weighted by molar-refractivity contribution is 0.385. The van der Waals surface area contributed by atoms with E-state index in [1.807, 2.05) is 18.2 Å². The van der Waals surface area contributed by atoms with Crippen molar-refractivity contribution in [2.45, 2.75) is 44.1 Å². The second-order valence-electron chi connectivity index (χ2n) is 7.71. The number of rotatable bonds is 3. The standard InChI is InChI=1S/C24H29NO2/c1-26-18-12-10-17(11-13-18)24(25)22-9-7-5-3-4-6-8-20(22)21-16-19(27-2)14-15-23(21)24/h8,10-16,22H,3-7,9,25H2,1-2H3/b20-8-/t22-,24-/m1/s1. The van der Waals surface area contributed by atoms with E-state index in [4.69, 9.17) is 15.2 Å². The van der Waals surface area contributed by atoms with Crippen molar-refractivity contribution in [2.75, 3.05) is 14.2 Å². The molecule has 0 radical (unpaired) electrons. The predicted molar refractivity (Wildman–Crippen MR) is 110 cm³/mol. The maximum Gasteiger partial charge on any atom is 0.119 e. The molecule has 2 aromatic carbocycles. The van der Waals surface area contributed by atoms with Crippen molar-refractivity contribution in [1.29, 1.82) is 0 Å². The number of ether oxygens (including phenoxy) is 2. The molecule has 27 heavy (non-hydrogen) atoms. The zero-order valence-electron chi connectivity index (χ0n) is 16.3. The van der Waals surface area contributed by atoms with E-state index < -0.39 is 5.54 Å². The fourth-order valence-electron chi connectivity index (χ4n) is 4.83. The number of allylic oxidation sites excluding steroid dienone is 1. The van der Waals surface area contributed by atoms with Gasteiger partial charge in [0.2, 0.25) is 0 Å². The minimum absolute atomic E-state index is 0.297. The highest BCUT2D eigenvalue weighted by Gasteiger charge is 2.47. The van der Waals surface area contributed by atoms with Gasteiger partial charge < -0.3 is 15.2 Å². The summed E-state index contributed by atoms with van der Waals surface area (Å²) in [4.78, 5) is 0. The van der Waals surface area contributed by atoms with E-state index in [1.165, 1.54) is 42.4 Å². The van der Waals surface area contributed by atoms with Gasteiger partial charge in [-0.1, -0.05) is 43.5 Å². The van der Waals surface area contributed by atoms with Gasteiger partial charge in [-0.05, 0) is 65.8 Å². The first-order valence-corrected chi connectivity index (χ1v) is 10.0. The molecule has 0 aliphatic heterocycles. The van der Waals surface area contributed by atoms with Crippen LogP contribution in [0.5, 0.6) is 11.5 Å². The Morgan fingerprint density at radius 1 is 0.889 bits per heavy atom. The van der Waals surface area contributed by atoms with Gasteiger partial charge in [-0.3, -0.25) is 0 Å². The zero-order valence-corrected chi connectivity index (χ0v) is 16.3. The quantitative estimate of drug-likeness (QED) is 0.807. The molecule has 2 aliphatic carbocycles. The zero-order chi connectivity index (χ0) is 18.9. The van der Waals surface area contributed by atoms with Gasteiger partial charge in [-0.25, -0.2) is 0 Å². The lowest BCUT2D eigenvalue weighted by Crippen LogP contribution is -2.42. The second-order valence-corrected chi connectivity index (χ2v) is 7.71. The Labute approximate surface area is 162 Å². The van der Waals surface area contributed by atoms with Crippen LogP contribution in [0.15, 0.2) is 48.5 Å². The monoisotopic (exact) mass is 363 g/mol. The van der Waals surface area contributed by atoms with Gasteiger partial charge in [-0.2, -0.15) is 0 Å². The van der Waals surface area contributed by atoms with Crippen molar-refractivity contribution >= 4 is 5.57 Å². The molecule has 2 N–H and O–H groups in total. The van der Waals surface area contributed by atoms with Crippen LogP contribution in [0.25, 0.3) is 5.57 Å². The molecule has 0 heterocycles. The second kappa shape index (κ2) is 7.40. The van der Waals surface area contributed by atoms with Crippen molar-refractivity contribution in [3.8, 4) is 11.5 Å². The molecule has 0 fully saturated rings. The molecule has 0 unspecified atom stereocenters. The fourth-order valence-corrected chi connectivity index (χ4v) is 4.83. The van der Waals surface area contributed by atoms with Crippen LogP contribution in [-0.2, 0) is 5.54 Å². The highest BCUT2D eigenvalue weighted by atomic mass is 16.5. The molecule has 3 nitrogen and oxygen atoms in total. The number of benzene rings is 2. The van der Waals surface area contributed by atoms with E-state index in [9.17, 15) is 0 Å². The third-order valence-electron chi connectivity index (χ3n) is 6.29. The maximum atomic E-state index is 7.28. The van der Waals surface area contributed by atoms with Gasteiger partial charge in [0.15, 0.2) is 0 Å². The van der Waals surface area contributed by atoms with E-state index in [0.717, 1.165) is 29.9 Å². The minimum Gasteiger partial charge on any atom is -0.497 e. The molecule has 0 saturated carbocycles. The van der Waals surface area contributed by atoms with Crippen LogP contribution in [0.1, 0.15) is 55.2 Å². The third kappa shape index (κ3) is 3.04. The summed E-state index contributed by atoms with van der Waals surface area (Å²) < 4.78 is 10.9. The number of methoxy groups -OCH3 is 2. The summed E-state index contributed by atoms with van der Waals surface area (Å²) in [6, 6.07) is 14.7. The summed E-state index contributed by atoms with van der Waals surface area (Å²) in [5.41, 5.74) is 11.8. The molecule has 3 heteroatoms. The molecular formula is C24H29NO2. The van der Waals surface area contributed by atoms with Crippen LogP contribution in [0.3, 0.4) is 0 Å². The Bertz CT molecular complexity index is 840. The molecule has 0 spiro atoms. The van der Waals surface area contributed by atoms with Crippen molar-refractivity contribution in [1.82, 2.24) is 0 Å². The third-order valence-corrected chi connectivity index (χ3v) is 6.29. The molecule has 2 atom stereocenters. The molecule has 0 saturated heterocycles. The van der Waals surface area contributed by atoms with Crippen LogP contribution in [0.2, 0.25) is 0 Å². The van der Waals surface area contributed by atoms with Gasteiger partial charge in [0.05, 0.1) is 19.8 Å². The Hall–Kier alpha value is -2.26. The van der Waals surface area contributed by atoms with Gasteiger partial charge in [0, 0.05) is 5.92 Å².